The highest BCUT2D eigenvalue weighted by Gasteiger charge is 2.57. The lowest BCUT2D eigenvalue weighted by Gasteiger charge is -2.34. The van der Waals surface area contributed by atoms with Gasteiger partial charge in [-0.3, -0.25) is 19.2 Å². The summed E-state index contributed by atoms with van der Waals surface area (Å²) in [7, 11) is -5.32. The fraction of sp³-hybridized carbons (Fsp3) is 0.810. The highest BCUT2D eigenvalue weighted by Crippen LogP contribution is 2.41. The molecule has 0 bridgehead atoms. The molecule has 2 heterocycles. The highest BCUT2D eigenvalue weighted by atomic mass is 32.2. The number of aliphatic carboxylic acids is 3. The number of carbonyl (C=O) groups is 4. The molecule has 0 aromatic rings. The third-order valence-electron chi connectivity index (χ3n) is 7.85. The van der Waals surface area contributed by atoms with Crippen molar-refractivity contribution in [2.45, 2.75) is 81.4 Å². The Kier molecular flexibility index (Phi) is 8.51. The number of likely N-dealkylation sites (N-methyl/N-ethyl adjacent to an activating group) is 1. The molecule has 0 spiro atoms. The standard InChI is InChI=1S/C21H35BN4O11S/c1-3-26(13(2)19(23)6-7-19)38(34,35)25-11-14(21(24,12-25)17(31)32)5-4-8-22-36-18(33)20(37-22,9-15(27)28)10-16(29)30/h13-14H,3-12,23-24H2,1-2H3,(H,27,28)(H,29,30)(H,31,32)/t13-,14+,21+/m1/s1. The van der Waals surface area contributed by atoms with Gasteiger partial charge in [0.2, 0.25) is 0 Å². The lowest BCUT2D eigenvalue weighted by molar-refractivity contribution is -0.157. The Morgan fingerprint density at radius 3 is 2.24 bits per heavy atom. The number of hydrogen-bond donors (Lipinski definition) is 5. The van der Waals surface area contributed by atoms with Crippen LogP contribution in [-0.2, 0) is 38.7 Å². The van der Waals surface area contributed by atoms with Crippen LogP contribution in [0.5, 0.6) is 0 Å². The molecular weight excluding hydrogens is 527 g/mol. The van der Waals surface area contributed by atoms with Gasteiger partial charge in [-0.2, -0.15) is 17.0 Å². The van der Waals surface area contributed by atoms with Gasteiger partial charge in [-0.15, -0.1) is 0 Å². The van der Waals surface area contributed by atoms with E-state index in [2.05, 4.69) is 0 Å². The van der Waals surface area contributed by atoms with E-state index in [0.717, 1.165) is 4.31 Å². The summed E-state index contributed by atoms with van der Waals surface area (Å²) in [6, 6.07) is -0.486. The van der Waals surface area contributed by atoms with Crippen molar-refractivity contribution in [1.29, 1.82) is 0 Å². The van der Waals surface area contributed by atoms with Gasteiger partial charge in [-0.1, -0.05) is 13.3 Å². The van der Waals surface area contributed by atoms with E-state index in [9.17, 15) is 32.7 Å². The van der Waals surface area contributed by atoms with Crippen LogP contribution in [0.2, 0.25) is 6.32 Å². The Morgan fingerprint density at radius 1 is 1.18 bits per heavy atom. The molecular formula is C21H35BN4O11S. The quantitative estimate of drug-likeness (QED) is 0.154. The summed E-state index contributed by atoms with van der Waals surface area (Å²) in [6.07, 6.45) is -0.117. The van der Waals surface area contributed by atoms with Gasteiger partial charge in [-0.25, -0.2) is 0 Å². The van der Waals surface area contributed by atoms with Crippen LogP contribution in [0, 0.1) is 5.92 Å². The van der Waals surface area contributed by atoms with E-state index in [1.54, 1.807) is 13.8 Å². The van der Waals surface area contributed by atoms with E-state index >= 15 is 0 Å². The van der Waals surface area contributed by atoms with Crippen LogP contribution >= 0.6 is 0 Å². The van der Waals surface area contributed by atoms with Crippen LogP contribution in [0.3, 0.4) is 0 Å². The van der Waals surface area contributed by atoms with Crippen molar-refractivity contribution < 1.29 is 52.2 Å². The predicted octanol–water partition coefficient (Wildman–Crippen LogP) is -1.32. The topological polar surface area (TPSA) is 240 Å². The Labute approximate surface area is 220 Å². The van der Waals surface area contributed by atoms with Crippen molar-refractivity contribution in [3.8, 4) is 0 Å². The van der Waals surface area contributed by atoms with E-state index in [0.29, 0.717) is 12.8 Å². The number of carbonyl (C=O) groups excluding carboxylic acids is 1. The molecule has 38 heavy (non-hydrogen) atoms. The zero-order chi connectivity index (χ0) is 28.7. The van der Waals surface area contributed by atoms with Crippen molar-refractivity contribution in [2.75, 3.05) is 19.6 Å². The summed E-state index contributed by atoms with van der Waals surface area (Å²) in [5.41, 5.74) is 7.80. The molecule has 3 fully saturated rings. The Balaban J connectivity index is 1.68. The predicted molar refractivity (Wildman–Crippen MR) is 131 cm³/mol. The summed E-state index contributed by atoms with van der Waals surface area (Å²) in [5, 5.41) is 28.1. The minimum absolute atomic E-state index is 0.000506. The largest absolute Gasteiger partial charge is 0.528 e. The third-order valence-corrected chi connectivity index (χ3v) is 9.95. The van der Waals surface area contributed by atoms with Gasteiger partial charge in [0, 0.05) is 37.1 Å². The molecule has 3 aliphatic rings. The molecule has 2 saturated heterocycles. The zero-order valence-corrected chi connectivity index (χ0v) is 22.2. The Hall–Kier alpha value is -2.31. The molecule has 0 aromatic heterocycles. The van der Waals surface area contributed by atoms with Crippen molar-refractivity contribution in [3.63, 3.8) is 0 Å². The molecule has 1 aliphatic carbocycles. The first-order valence-electron chi connectivity index (χ1n) is 12.4. The van der Waals surface area contributed by atoms with Crippen LogP contribution in [0.4, 0.5) is 0 Å². The second kappa shape index (κ2) is 10.7. The molecule has 0 radical (unpaired) electrons. The van der Waals surface area contributed by atoms with E-state index in [4.69, 9.17) is 31.0 Å². The van der Waals surface area contributed by atoms with Gasteiger partial charge in [-0.05, 0) is 32.5 Å². The first-order chi connectivity index (χ1) is 17.5. The summed E-state index contributed by atoms with van der Waals surface area (Å²) in [4.78, 5) is 46.8. The van der Waals surface area contributed by atoms with Crippen molar-refractivity contribution in [2.24, 2.45) is 17.4 Å². The fourth-order valence-electron chi connectivity index (χ4n) is 5.27. The monoisotopic (exact) mass is 562 g/mol. The van der Waals surface area contributed by atoms with Gasteiger partial charge in [0.25, 0.3) is 10.2 Å². The minimum atomic E-state index is -4.08. The van der Waals surface area contributed by atoms with Crippen molar-refractivity contribution >= 4 is 41.2 Å². The normalized spacial score (nSPS) is 27.3. The summed E-state index contributed by atoms with van der Waals surface area (Å²) in [6.45, 7) is 2.96. The molecule has 0 amide bonds. The van der Waals surface area contributed by atoms with Gasteiger partial charge in [0.15, 0.2) is 5.60 Å². The van der Waals surface area contributed by atoms with Crippen LogP contribution in [-0.4, -0.2) is 106 Å². The lowest BCUT2D eigenvalue weighted by Crippen LogP contribution is -2.57. The summed E-state index contributed by atoms with van der Waals surface area (Å²) < 4.78 is 39.8. The van der Waals surface area contributed by atoms with Crippen LogP contribution in [0.1, 0.15) is 52.4 Å². The van der Waals surface area contributed by atoms with Crippen LogP contribution in [0.15, 0.2) is 0 Å². The second-order valence-electron chi connectivity index (χ2n) is 10.5. The number of carboxylic acids is 3. The van der Waals surface area contributed by atoms with Crippen LogP contribution in [0.25, 0.3) is 0 Å². The number of carboxylic acid groups (broad SMARTS) is 3. The average Bonchev–Trinajstić information content (AvgIpc) is 3.34. The number of hydrogen-bond acceptors (Lipinski definition) is 10. The maximum absolute atomic E-state index is 13.5. The molecule has 7 N–H and O–H groups in total. The van der Waals surface area contributed by atoms with Gasteiger partial charge < -0.3 is 36.1 Å². The smallest absolute Gasteiger partial charge is 0.507 e. The molecule has 0 unspecified atom stereocenters. The van der Waals surface area contributed by atoms with E-state index in [1.807, 2.05) is 0 Å². The Bertz CT molecular complexity index is 1070. The average molecular weight is 562 g/mol. The number of nitrogens with two attached hydrogens (primary N) is 2. The molecule has 17 heteroatoms. The third kappa shape index (κ3) is 5.82. The molecule has 0 aromatic carbocycles. The zero-order valence-electron chi connectivity index (χ0n) is 21.4. The molecule has 1 saturated carbocycles. The summed E-state index contributed by atoms with van der Waals surface area (Å²) in [5.74, 6) is -6.15. The maximum Gasteiger partial charge on any atom is 0.528 e. The lowest BCUT2D eigenvalue weighted by atomic mass is 9.78. The number of nitrogens with zero attached hydrogens (tertiary/aromatic N) is 2. The molecule has 2 aliphatic heterocycles. The molecule has 3 rings (SSSR count). The number of rotatable bonds is 14. The van der Waals surface area contributed by atoms with E-state index in [-0.39, 0.29) is 32.3 Å². The van der Waals surface area contributed by atoms with E-state index < -0.39 is 89.2 Å². The van der Waals surface area contributed by atoms with Gasteiger partial charge in [0.1, 0.15) is 5.54 Å². The van der Waals surface area contributed by atoms with Gasteiger partial charge in [0.05, 0.1) is 12.8 Å². The minimum Gasteiger partial charge on any atom is -0.507 e. The molecule has 214 valence electrons. The first-order valence-corrected chi connectivity index (χ1v) is 13.8. The first kappa shape index (κ1) is 30.2. The Morgan fingerprint density at radius 2 is 1.76 bits per heavy atom. The highest BCUT2D eigenvalue weighted by molar-refractivity contribution is 7.86. The van der Waals surface area contributed by atoms with Gasteiger partial charge >= 0.3 is 31.0 Å². The van der Waals surface area contributed by atoms with Crippen LogP contribution < -0.4 is 11.5 Å². The summed E-state index contributed by atoms with van der Waals surface area (Å²) >= 11 is 0. The fourth-order valence-corrected chi connectivity index (χ4v) is 7.25. The molecule has 3 atom stereocenters. The molecule has 15 nitrogen and oxygen atoms in total. The maximum atomic E-state index is 13.5. The SMILES string of the molecule is CCN([C@H](C)C1(N)CC1)S(=O)(=O)N1C[C@H](CCCB2OC(=O)C(CC(=O)O)(CC(=O)O)O2)[C@](N)(C(=O)O)C1. The van der Waals surface area contributed by atoms with E-state index in [1.165, 1.54) is 4.31 Å². The van der Waals surface area contributed by atoms with Crippen molar-refractivity contribution in [3.05, 3.63) is 0 Å². The second-order valence-corrected chi connectivity index (χ2v) is 12.4. The van der Waals surface area contributed by atoms with Crippen molar-refractivity contribution in [1.82, 2.24) is 8.61 Å².